The van der Waals surface area contributed by atoms with E-state index >= 15 is 0 Å². The number of hydrogen-bond donors (Lipinski definition) is 1. The van der Waals surface area contributed by atoms with Crippen molar-refractivity contribution in [2.24, 2.45) is 5.92 Å². The van der Waals surface area contributed by atoms with Crippen molar-refractivity contribution < 1.29 is 4.42 Å². The first-order valence-electron chi connectivity index (χ1n) is 7.10. The lowest BCUT2D eigenvalue weighted by Crippen LogP contribution is -2.39. The Morgan fingerprint density at radius 2 is 2.28 bits per heavy atom. The van der Waals surface area contributed by atoms with Crippen LogP contribution >= 0.6 is 0 Å². The van der Waals surface area contributed by atoms with Crippen LogP contribution in [0.2, 0.25) is 0 Å². The topological polar surface area (TPSA) is 28.4 Å². The summed E-state index contributed by atoms with van der Waals surface area (Å²) in [5, 5.41) is 3.72. The zero-order chi connectivity index (χ0) is 13.0. The summed E-state index contributed by atoms with van der Waals surface area (Å²) in [4.78, 5) is 2.22. The summed E-state index contributed by atoms with van der Waals surface area (Å²) in [5.74, 6) is 1.93. The van der Waals surface area contributed by atoms with Crippen molar-refractivity contribution in [2.45, 2.75) is 44.7 Å². The second kappa shape index (κ2) is 6.39. The van der Waals surface area contributed by atoms with Gasteiger partial charge in [0.05, 0.1) is 12.3 Å². The Bertz CT molecular complexity index is 334. The number of nitrogens with zero attached hydrogens (tertiary/aromatic N) is 1. The van der Waals surface area contributed by atoms with E-state index in [-0.39, 0.29) is 0 Å². The van der Waals surface area contributed by atoms with Gasteiger partial charge in [-0.3, -0.25) is 4.90 Å². The Hall–Kier alpha value is -0.800. The second-order valence-electron chi connectivity index (χ2n) is 5.87. The predicted molar refractivity (Wildman–Crippen MR) is 74.6 cm³/mol. The van der Waals surface area contributed by atoms with Gasteiger partial charge in [-0.15, -0.1) is 0 Å². The van der Waals surface area contributed by atoms with Gasteiger partial charge >= 0.3 is 0 Å². The lowest BCUT2D eigenvalue weighted by molar-refractivity contribution is 0.225. The van der Waals surface area contributed by atoms with Gasteiger partial charge in [-0.25, -0.2) is 0 Å². The summed E-state index contributed by atoms with van der Waals surface area (Å²) < 4.78 is 5.54. The highest BCUT2D eigenvalue weighted by atomic mass is 16.3. The van der Waals surface area contributed by atoms with Gasteiger partial charge in [0.15, 0.2) is 0 Å². The average Bonchev–Trinajstić information content (AvgIpc) is 2.82. The summed E-state index contributed by atoms with van der Waals surface area (Å²) in [5.41, 5.74) is 0. The fourth-order valence-electron chi connectivity index (χ4n) is 2.92. The summed E-state index contributed by atoms with van der Waals surface area (Å²) in [6.45, 7) is 3.34. The van der Waals surface area contributed by atoms with E-state index < -0.39 is 0 Å². The lowest BCUT2D eigenvalue weighted by Gasteiger charge is -2.30. The van der Waals surface area contributed by atoms with E-state index in [0.29, 0.717) is 12.1 Å². The lowest BCUT2D eigenvalue weighted by atomic mass is 9.87. The standard InChI is InChI=1S/C15H26N2O/c1-12-6-4-7-13(10-12)16-11-14(17(2)3)15-8-5-9-18-15/h5,8-9,12-14,16H,4,6-7,10-11H2,1-3H3. The van der Waals surface area contributed by atoms with Gasteiger partial charge in [-0.05, 0) is 45.0 Å². The molecule has 1 aromatic rings. The molecular formula is C15H26N2O. The van der Waals surface area contributed by atoms with Gasteiger partial charge < -0.3 is 9.73 Å². The number of likely N-dealkylation sites (N-methyl/N-ethyl adjacent to an activating group) is 1. The Labute approximate surface area is 111 Å². The monoisotopic (exact) mass is 250 g/mol. The molecule has 1 aliphatic carbocycles. The van der Waals surface area contributed by atoms with Gasteiger partial charge in [0.2, 0.25) is 0 Å². The molecule has 3 nitrogen and oxygen atoms in total. The molecule has 3 atom stereocenters. The molecule has 0 saturated heterocycles. The summed E-state index contributed by atoms with van der Waals surface area (Å²) >= 11 is 0. The van der Waals surface area contributed by atoms with Gasteiger partial charge in [-0.1, -0.05) is 19.8 Å². The Kier molecular flexibility index (Phi) is 4.84. The molecule has 3 heteroatoms. The van der Waals surface area contributed by atoms with Crippen LogP contribution in [0.1, 0.15) is 44.4 Å². The summed E-state index contributed by atoms with van der Waals surface area (Å²) in [6.07, 6.45) is 7.16. The van der Waals surface area contributed by atoms with E-state index in [1.165, 1.54) is 25.7 Å². The third kappa shape index (κ3) is 3.59. The molecule has 1 fully saturated rings. The maximum atomic E-state index is 5.54. The molecular weight excluding hydrogens is 224 g/mol. The highest BCUT2D eigenvalue weighted by molar-refractivity contribution is 5.05. The van der Waals surface area contributed by atoms with E-state index in [1.807, 2.05) is 6.07 Å². The Morgan fingerprint density at radius 1 is 1.44 bits per heavy atom. The molecule has 3 unspecified atom stereocenters. The average molecular weight is 250 g/mol. The van der Waals surface area contributed by atoms with Crippen LogP contribution in [0, 0.1) is 5.92 Å². The van der Waals surface area contributed by atoms with Crippen LogP contribution in [0.25, 0.3) is 0 Å². The van der Waals surface area contributed by atoms with Crippen LogP contribution in [0.15, 0.2) is 22.8 Å². The van der Waals surface area contributed by atoms with Crippen molar-refractivity contribution in [2.75, 3.05) is 20.6 Å². The van der Waals surface area contributed by atoms with E-state index in [0.717, 1.165) is 18.2 Å². The van der Waals surface area contributed by atoms with E-state index in [1.54, 1.807) is 6.26 Å². The zero-order valence-electron chi connectivity index (χ0n) is 11.9. The van der Waals surface area contributed by atoms with Gasteiger partial charge in [0, 0.05) is 12.6 Å². The summed E-state index contributed by atoms with van der Waals surface area (Å²) in [6, 6.07) is 5.05. The number of hydrogen-bond acceptors (Lipinski definition) is 3. The summed E-state index contributed by atoms with van der Waals surface area (Å²) in [7, 11) is 4.22. The number of rotatable bonds is 5. The molecule has 0 spiro atoms. The minimum atomic E-state index is 0.331. The van der Waals surface area contributed by atoms with Crippen LogP contribution in [0.5, 0.6) is 0 Å². The van der Waals surface area contributed by atoms with Crippen molar-refractivity contribution in [3.05, 3.63) is 24.2 Å². The van der Waals surface area contributed by atoms with Crippen molar-refractivity contribution in [1.29, 1.82) is 0 Å². The Morgan fingerprint density at radius 3 is 2.89 bits per heavy atom. The maximum absolute atomic E-state index is 5.54. The molecule has 1 N–H and O–H groups in total. The number of furan rings is 1. The minimum Gasteiger partial charge on any atom is -0.468 e. The molecule has 102 valence electrons. The molecule has 1 heterocycles. The fourth-order valence-corrected chi connectivity index (χ4v) is 2.92. The first-order valence-corrected chi connectivity index (χ1v) is 7.10. The largest absolute Gasteiger partial charge is 0.468 e. The van der Waals surface area contributed by atoms with Gasteiger partial charge in [-0.2, -0.15) is 0 Å². The third-order valence-electron chi connectivity index (χ3n) is 4.03. The quantitative estimate of drug-likeness (QED) is 0.870. The van der Waals surface area contributed by atoms with E-state index in [4.69, 9.17) is 4.42 Å². The highest BCUT2D eigenvalue weighted by Gasteiger charge is 2.22. The van der Waals surface area contributed by atoms with Crippen LogP contribution in [-0.4, -0.2) is 31.6 Å². The van der Waals surface area contributed by atoms with Gasteiger partial charge in [0.25, 0.3) is 0 Å². The molecule has 0 aliphatic heterocycles. The first-order chi connectivity index (χ1) is 8.66. The SMILES string of the molecule is CC1CCCC(NCC(c2ccco2)N(C)C)C1. The fraction of sp³-hybridized carbons (Fsp3) is 0.733. The van der Waals surface area contributed by atoms with Crippen molar-refractivity contribution >= 4 is 0 Å². The molecule has 18 heavy (non-hydrogen) atoms. The van der Waals surface area contributed by atoms with Crippen molar-refractivity contribution in [3.63, 3.8) is 0 Å². The number of nitrogens with one attached hydrogen (secondary N) is 1. The van der Waals surface area contributed by atoms with E-state index in [2.05, 4.69) is 37.3 Å². The molecule has 0 radical (unpaired) electrons. The molecule has 2 rings (SSSR count). The molecule has 0 bridgehead atoms. The van der Waals surface area contributed by atoms with Crippen LogP contribution in [-0.2, 0) is 0 Å². The van der Waals surface area contributed by atoms with Crippen LogP contribution in [0.4, 0.5) is 0 Å². The molecule has 1 aliphatic rings. The molecule has 0 aromatic carbocycles. The molecule has 1 aromatic heterocycles. The van der Waals surface area contributed by atoms with Gasteiger partial charge in [0.1, 0.15) is 5.76 Å². The Balaban J connectivity index is 1.86. The highest BCUT2D eigenvalue weighted by Crippen LogP contribution is 2.24. The molecule has 0 amide bonds. The normalized spacial score (nSPS) is 26.4. The first kappa shape index (κ1) is 13.6. The second-order valence-corrected chi connectivity index (χ2v) is 5.87. The minimum absolute atomic E-state index is 0.331. The zero-order valence-corrected chi connectivity index (χ0v) is 11.9. The van der Waals surface area contributed by atoms with Crippen molar-refractivity contribution in [3.8, 4) is 0 Å². The third-order valence-corrected chi connectivity index (χ3v) is 4.03. The van der Waals surface area contributed by atoms with Crippen LogP contribution in [0.3, 0.4) is 0 Å². The predicted octanol–water partition coefficient (Wildman–Crippen LogP) is 3.05. The molecule has 1 saturated carbocycles. The van der Waals surface area contributed by atoms with Crippen molar-refractivity contribution in [1.82, 2.24) is 10.2 Å². The smallest absolute Gasteiger partial charge is 0.122 e. The maximum Gasteiger partial charge on any atom is 0.122 e. The van der Waals surface area contributed by atoms with E-state index in [9.17, 15) is 0 Å². The van der Waals surface area contributed by atoms with Crippen LogP contribution < -0.4 is 5.32 Å².